The number of halogens is 2. The second-order valence-corrected chi connectivity index (χ2v) is 12.5. The minimum atomic E-state index is -2.59. The molecule has 0 saturated carbocycles. The summed E-state index contributed by atoms with van der Waals surface area (Å²) < 4.78 is 26.5. The Morgan fingerprint density at radius 2 is 1.05 bits per heavy atom. The first-order valence-corrected chi connectivity index (χ1v) is 12.3. The van der Waals surface area contributed by atoms with Crippen LogP contribution in [-0.2, 0) is 0 Å². The average Bonchev–Trinajstić information content (AvgIpc) is 2.40. The molecule has 0 heterocycles. The Morgan fingerprint density at radius 3 is 1.19 bits per heavy atom. The molecule has 5 heteroatoms. The Balaban J connectivity index is 0.000000364. The van der Waals surface area contributed by atoms with Gasteiger partial charge in [-0.05, 0) is 26.2 Å². The van der Waals surface area contributed by atoms with Gasteiger partial charge in [0.2, 0.25) is 16.8 Å². The molecular formula is C16H20F2MgSi2. The predicted molar refractivity (Wildman–Crippen MR) is 92.8 cm³/mol. The maximum Gasteiger partial charge on any atom is 2.00 e. The monoisotopic (exact) mass is 330 g/mol. The van der Waals surface area contributed by atoms with E-state index in [2.05, 4.69) is 12.1 Å². The van der Waals surface area contributed by atoms with E-state index in [0.717, 1.165) is 10.4 Å². The molecule has 0 spiro atoms. The van der Waals surface area contributed by atoms with Crippen LogP contribution in [0.5, 0.6) is 0 Å². The van der Waals surface area contributed by atoms with Gasteiger partial charge in [0.1, 0.15) is 0 Å². The van der Waals surface area contributed by atoms with Crippen molar-refractivity contribution < 1.29 is 8.22 Å². The molecule has 2 rings (SSSR count). The fourth-order valence-electron chi connectivity index (χ4n) is 1.53. The van der Waals surface area contributed by atoms with Crippen LogP contribution in [0, 0.1) is 12.1 Å². The first kappa shape index (κ1) is 20.5. The van der Waals surface area contributed by atoms with Gasteiger partial charge < -0.3 is 8.22 Å². The van der Waals surface area contributed by atoms with Crippen molar-refractivity contribution in [3.8, 4) is 0 Å². The molecule has 0 N–H and O–H groups in total. The summed E-state index contributed by atoms with van der Waals surface area (Å²) in [6, 6.07) is 20.3. The van der Waals surface area contributed by atoms with Crippen LogP contribution in [0.15, 0.2) is 48.5 Å². The van der Waals surface area contributed by atoms with Gasteiger partial charge in [-0.15, -0.1) is 10.4 Å². The standard InChI is InChI=1S/2C8H10FSi.Mg/c2*1-10(2,9)8-6-4-3-5-7-8;/h2*3-6H,1-2H3;/q2*-1;+2. The fourth-order valence-corrected chi connectivity index (χ4v) is 3.36. The van der Waals surface area contributed by atoms with E-state index < -0.39 is 16.8 Å². The van der Waals surface area contributed by atoms with Crippen LogP contribution in [0.1, 0.15) is 0 Å². The van der Waals surface area contributed by atoms with Crippen molar-refractivity contribution in [3.05, 3.63) is 60.7 Å². The van der Waals surface area contributed by atoms with E-state index in [4.69, 9.17) is 0 Å². The SMILES string of the molecule is C[Si](C)(F)c1[c-]cccc1.C[Si](C)(F)c1[c-]cccc1.[Mg+2]. The van der Waals surface area contributed by atoms with Crippen LogP contribution in [0.4, 0.5) is 8.22 Å². The molecule has 0 aliphatic carbocycles. The molecule has 0 amide bonds. The third kappa shape index (κ3) is 7.90. The van der Waals surface area contributed by atoms with Gasteiger partial charge in [0.05, 0.1) is 0 Å². The van der Waals surface area contributed by atoms with E-state index in [1.807, 2.05) is 24.3 Å². The molecule has 0 fully saturated rings. The summed E-state index contributed by atoms with van der Waals surface area (Å²) in [5, 5.41) is 1.49. The minimum absolute atomic E-state index is 0. The Kier molecular flexibility index (Phi) is 8.61. The van der Waals surface area contributed by atoms with Crippen molar-refractivity contribution in [2.75, 3.05) is 0 Å². The Hall–Kier alpha value is -0.500. The molecule has 0 unspecified atom stereocenters. The van der Waals surface area contributed by atoms with Crippen LogP contribution in [-0.4, -0.2) is 39.9 Å². The Labute approximate surface area is 145 Å². The van der Waals surface area contributed by atoms with Gasteiger partial charge in [0.15, 0.2) is 0 Å². The van der Waals surface area contributed by atoms with E-state index in [0.29, 0.717) is 0 Å². The summed E-state index contributed by atoms with van der Waals surface area (Å²) >= 11 is 0. The second kappa shape index (κ2) is 8.82. The van der Waals surface area contributed by atoms with Crippen molar-refractivity contribution >= 4 is 50.2 Å². The van der Waals surface area contributed by atoms with Crippen molar-refractivity contribution in [2.45, 2.75) is 26.2 Å². The van der Waals surface area contributed by atoms with E-state index in [-0.39, 0.29) is 23.1 Å². The van der Waals surface area contributed by atoms with Crippen LogP contribution in [0.25, 0.3) is 0 Å². The number of benzene rings is 2. The first-order chi connectivity index (χ1) is 9.21. The summed E-state index contributed by atoms with van der Waals surface area (Å²) in [6.07, 6.45) is 0. The number of hydrogen-bond acceptors (Lipinski definition) is 0. The molecule has 0 atom stereocenters. The Bertz CT molecular complexity index is 456. The molecule has 2 aromatic rings. The maximum absolute atomic E-state index is 13.2. The normalized spacial score (nSPS) is 11.0. The number of rotatable bonds is 2. The van der Waals surface area contributed by atoms with E-state index >= 15 is 0 Å². The molecule has 108 valence electrons. The van der Waals surface area contributed by atoms with Gasteiger partial charge in [-0.2, -0.15) is 60.7 Å². The molecular weight excluding hydrogens is 311 g/mol. The molecule has 0 saturated heterocycles. The van der Waals surface area contributed by atoms with E-state index in [9.17, 15) is 8.22 Å². The predicted octanol–water partition coefficient (Wildman–Crippen LogP) is 3.36. The first-order valence-electron chi connectivity index (χ1n) is 6.53. The quantitative estimate of drug-likeness (QED) is 0.450. The molecule has 0 aromatic heterocycles. The largest absolute Gasteiger partial charge is 2.00 e. The van der Waals surface area contributed by atoms with Crippen molar-refractivity contribution in [1.82, 2.24) is 0 Å². The smallest absolute Gasteiger partial charge is 0.311 e. The van der Waals surface area contributed by atoms with Gasteiger partial charge >= 0.3 is 23.1 Å². The molecule has 0 aliphatic rings. The summed E-state index contributed by atoms with van der Waals surface area (Å²) in [4.78, 5) is 0. The van der Waals surface area contributed by atoms with Crippen molar-refractivity contribution in [2.24, 2.45) is 0 Å². The van der Waals surface area contributed by atoms with Crippen LogP contribution in [0.2, 0.25) is 26.2 Å². The second-order valence-electron chi connectivity index (χ2n) is 5.50. The van der Waals surface area contributed by atoms with Crippen LogP contribution in [0.3, 0.4) is 0 Å². The van der Waals surface area contributed by atoms with Gasteiger partial charge in [-0.3, -0.25) is 0 Å². The zero-order chi connectivity index (χ0) is 15.2. The zero-order valence-corrected chi connectivity index (χ0v) is 16.5. The molecule has 0 bridgehead atoms. The minimum Gasteiger partial charge on any atom is -0.311 e. The fraction of sp³-hybridized carbons (Fsp3) is 0.250. The third-order valence-electron chi connectivity index (χ3n) is 2.70. The molecule has 2 aromatic carbocycles. The number of hydrogen-bond donors (Lipinski definition) is 0. The molecule has 0 radical (unpaired) electrons. The maximum atomic E-state index is 13.2. The van der Waals surface area contributed by atoms with Crippen LogP contribution < -0.4 is 10.4 Å². The summed E-state index contributed by atoms with van der Waals surface area (Å²) in [5.41, 5.74) is 0. The van der Waals surface area contributed by atoms with Crippen molar-refractivity contribution in [1.29, 1.82) is 0 Å². The van der Waals surface area contributed by atoms with Gasteiger partial charge in [-0.1, -0.05) is 0 Å². The topological polar surface area (TPSA) is 0 Å². The summed E-state index contributed by atoms with van der Waals surface area (Å²) in [7, 11) is -5.18. The Morgan fingerprint density at radius 1 is 0.714 bits per heavy atom. The van der Waals surface area contributed by atoms with Crippen molar-refractivity contribution in [3.63, 3.8) is 0 Å². The average molecular weight is 331 g/mol. The van der Waals surface area contributed by atoms with Gasteiger partial charge in [0.25, 0.3) is 0 Å². The summed E-state index contributed by atoms with van der Waals surface area (Å²) in [5.74, 6) is 0. The molecule has 0 aliphatic heterocycles. The molecule has 0 nitrogen and oxygen atoms in total. The van der Waals surface area contributed by atoms with E-state index in [1.54, 1.807) is 50.5 Å². The zero-order valence-electron chi connectivity index (χ0n) is 13.1. The van der Waals surface area contributed by atoms with Gasteiger partial charge in [0, 0.05) is 0 Å². The van der Waals surface area contributed by atoms with Gasteiger partial charge in [-0.25, -0.2) is 0 Å². The molecule has 21 heavy (non-hydrogen) atoms. The van der Waals surface area contributed by atoms with E-state index in [1.165, 1.54) is 0 Å². The summed E-state index contributed by atoms with van der Waals surface area (Å²) in [6.45, 7) is 6.66. The third-order valence-corrected chi connectivity index (χ3v) is 5.88. The van der Waals surface area contributed by atoms with Crippen LogP contribution >= 0.6 is 0 Å².